The lowest BCUT2D eigenvalue weighted by Crippen LogP contribution is -2.20. The van der Waals surface area contributed by atoms with Crippen LogP contribution in [0.4, 0.5) is 5.82 Å². The Morgan fingerprint density at radius 1 is 1.10 bits per heavy atom. The highest BCUT2D eigenvalue weighted by Gasteiger charge is 2.12. The third-order valence-electron chi connectivity index (χ3n) is 4.18. The summed E-state index contributed by atoms with van der Waals surface area (Å²) < 4.78 is 0. The monoisotopic (exact) mass is 432 g/mol. The van der Waals surface area contributed by atoms with Crippen molar-refractivity contribution in [1.82, 2.24) is 15.4 Å². The molecule has 3 N–H and O–H groups in total. The Hall–Kier alpha value is -3.67. The molecule has 2 aromatic heterocycles. The first-order valence-electron chi connectivity index (χ1n) is 9.37. The summed E-state index contributed by atoms with van der Waals surface area (Å²) in [5.74, 6) is 6.14. The Bertz CT molecular complexity index is 1120. The van der Waals surface area contributed by atoms with Crippen molar-refractivity contribution in [1.29, 1.82) is 0 Å². The van der Waals surface area contributed by atoms with Crippen LogP contribution in [-0.2, 0) is 4.79 Å². The van der Waals surface area contributed by atoms with Gasteiger partial charge in [0.1, 0.15) is 5.82 Å². The van der Waals surface area contributed by atoms with E-state index in [0.29, 0.717) is 17.9 Å². The zero-order valence-corrected chi connectivity index (χ0v) is 17.6. The number of thioether (sulfide) groups is 1. The number of aromatic nitrogens is 2. The van der Waals surface area contributed by atoms with Crippen molar-refractivity contribution < 1.29 is 14.8 Å². The summed E-state index contributed by atoms with van der Waals surface area (Å²) in [6, 6.07) is 14.0. The maximum Gasteiger partial charge on any atom is 0.274 e. The molecule has 0 saturated heterocycles. The van der Waals surface area contributed by atoms with Crippen LogP contribution in [0.3, 0.4) is 0 Å². The second-order valence-corrected chi connectivity index (χ2v) is 7.41. The van der Waals surface area contributed by atoms with Gasteiger partial charge in [-0.05, 0) is 42.7 Å². The fraction of sp³-hybridized carbons (Fsp3) is 0.130. The molecule has 7 nitrogen and oxygen atoms in total. The zero-order chi connectivity index (χ0) is 22.1. The Kier molecular flexibility index (Phi) is 7.76. The number of rotatable bonds is 6. The molecular formula is C23H20N4O3S. The van der Waals surface area contributed by atoms with E-state index in [2.05, 4.69) is 27.1 Å². The summed E-state index contributed by atoms with van der Waals surface area (Å²) in [4.78, 5) is 32.5. The first kappa shape index (κ1) is 22.0. The molecule has 0 radical (unpaired) electrons. The summed E-state index contributed by atoms with van der Waals surface area (Å²) in [6.45, 7) is 0. The zero-order valence-electron chi connectivity index (χ0n) is 16.8. The molecule has 31 heavy (non-hydrogen) atoms. The summed E-state index contributed by atoms with van der Waals surface area (Å²) in [6.07, 6.45) is 5.63. The maximum absolute atomic E-state index is 12.1. The number of nitrogens with zero attached hydrogens (tertiary/aromatic N) is 2. The van der Waals surface area contributed by atoms with E-state index in [-0.39, 0.29) is 17.3 Å². The quantitative estimate of drug-likeness (QED) is 0.314. The Morgan fingerprint density at radius 3 is 2.55 bits per heavy atom. The number of hydrogen-bond donors (Lipinski definition) is 3. The smallest absolute Gasteiger partial charge is 0.274 e. The lowest BCUT2D eigenvalue weighted by Gasteiger charge is -2.10. The molecule has 0 aliphatic heterocycles. The number of anilines is 1. The minimum atomic E-state index is -0.692. The van der Waals surface area contributed by atoms with Gasteiger partial charge in [-0.15, -0.1) is 0 Å². The first-order chi connectivity index (χ1) is 15.1. The van der Waals surface area contributed by atoms with Gasteiger partial charge in [-0.3, -0.25) is 19.8 Å². The van der Waals surface area contributed by atoms with E-state index < -0.39 is 5.91 Å². The van der Waals surface area contributed by atoms with Gasteiger partial charge in [0.25, 0.3) is 5.91 Å². The van der Waals surface area contributed by atoms with Crippen molar-refractivity contribution in [3.8, 4) is 23.1 Å². The number of pyridine rings is 2. The van der Waals surface area contributed by atoms with Crippen molar-refractivity contribution in [3.63, 3.8) is 0 Å². The Labute approximate surface area is 184 Å². The molecule has 0 saturated carbocycles. The number of hydrogen-bond acceptors (Lipinski definition) is 6. The molecule has 0 unspecified atom stereocenters. The molecule has 0 fully saturated rings. The van der Waals surface area contributed by atoms with Crippen molar-refractivity contribution in [2.75, 3.05) is 17.3 Å². The molecule has 8 heteroatoms. The minimum absolute atomic E-state index is 0.174. The van der Waals surface area contributed by atoms with Gasteiger partial charge in [-0.25, -0.2) is 10.5 Å². The second kappa shape index (κ2) is 10.9. The second-order valence-electron chi connectivity index (χ2n) is 6.43. The van der Waals surface area contributed by atoms with Crippen LogP contribution in [0.15, 0.2) is 60.9 Å². The van der Waals surface area contributed by atoms with Gasteiger partial charge in [0.05, 0.1) is 5.69 Å². The van der Waals surface area contributed by atoms with E-state index in [4.69, 9.17) is 5.21 Å². The molecule has 3 rings (SSSR count). The van der Waals surface area contributed by atoms with E-state index in [9.17, 15) is 9.59 Å². The number of hydroxylamine groups is 1. The van der Waals surface area contributed by atoms with Crippen molar-refractivity contribution in [2.45, 2.75) is 6.42 Å². The normalized spacial score (nSPS) is 10.0. The number of benzene rings is 1. The van der Waals surface area contributed by atoms with Gasteiger partial charge in [0.15, 0.2) is 0 Å². The fourth-order valence-corrected chi connectivity index (χ4v) is 3.03. The summed E-state index contributed by atoms with van der Waals surface area (Å²) in [5, 5.41) is 11.7. The van der Waals surface area contributed by atoms with Gasteiger partial charge in [0.2, 0.25) is 5.91 Å². The fourth-order valence-electron chi connectivity index (χ4n) is 2.64. The maximum atomic E-state index is 12.1. The molecule has 0 bridgehead atoms. The molecule has 0 atom stereocenters. The molecule has 2 heterocycles. The lowest BCUT2D eigenvalue weighted by molar-refractivity contribution is -0.115. The minimum Gasteiger partial charge on any atom is -0.311 e. The van der Waals surface area contributed by atoms with Crippen LogP contribution in [0.5, 0.6) is 0 Å². The van der Waals surface area contributed by atoms with Gasteiger partial charge in [0, 0.05) is 46.8 Å². The molecular weight excluding hydrogens is 412 g/mol. The van der Waals surface area contributed by atoms with Gasteiger partial charge < -0.3 is 5.32 Å². The van der Waals surface area contributed by atoms with Gasteiger partial charge in [-0.2, -0.15) is 11.8 Å². The number of amides is 2. The van der Waals surface area contributed by atoms with Crippen LogP contribution in [0.25, 0.3) is 11.3 Å². The van der Waals surface area contributed by atoms with Crippen molar-refractivity contribution >= 4 is 29.4 Å². The van der Waals surface area contributed by atoms with Crippen molar-refractivity contribution in [2.24, 2.45) is 0 Å². The van der Waals surface area contributed by atoms with Crippen molar-refractivity contribution in [3.05, 3.63) is 77.6 Å². The highest BCUT2D eigenvalue weighted by molar-refractivity contribution is 7.98. The van der Waals surface area contributed by atoms with E-state index in [1.54, 1.807) is 35.7 Å². The largest absolute Gasteiger partial charge is 0.311 e. The molecule has 156 valence electrons. The standard InChI is InChI=1S/C23H20N4O3S/c1-31-12-10-22(28)26-21-14-19(23(29)27-30)13-20(25-21)18-8-6-16(7-9-18)4-5-17-3-2-11-24-15-17/h2-3,6-9,11,13-15,30H,10,12H2,1H3,(H,27,29)(H,25,26,28). The molecule has 1 aromatic carbocycles. The van der Waals surface area contributed by atoms with Crippen LogP contribution in [0.1, 0.15) is 27.9 Å². The van der Waals surface area contributed by atoms with Crippen LogP contribution >= 0.6 is 11.8 Å². The Morgan fingerprint density at radius 2 is 1.87 bits per heavy atom. The van der Waals surface area contributed by atoms with Crippen LogP contribution < -0.4 is 10.8 Å². The van der Waals surface area contributed by atoms with E-state index in [0.717, 1.165) is 16.7 Å². The third-order valence-corrected chi connectivity index (χ3v) is 4.80. The topological polar surface area (TPSA) is 104 Å². The number of carbonyl (C=O) groups excluding carboxylic acids is 2. The SMILES string of the molecule is CSCCC(=O)Nc1cc(C(=O)NO)cc(-c2ccc(C#Cc3cccnc3)cc2)n1. The van der Waals surface area contributed by atoms with Crippen LogP contribution in [-0.4, -0.2) is 39.0 Å². The lowest BCUT2D eigenvalue weighted by atomic mass is 10.1. The molecule has 3 aromatic rings. The molecule has 0 spiro atoms. The van der Waals surface area contributed by atoms with E-state index >= 15 is 0 Å². The first-order valence-corrected chi connectivity index (χ1v) is 10.8. The van der Waals surface area contributed by atoms with E-state index in [1.165, 1.54) is 6.07 Å². The molecule has 0 aliphatic rings. The number of carbonyl (C=O) groups is 2. The predicted octanol–water partition coefficient (Wildman–Crippen LogP) is 3.35. The number of nitrogens with one attached hydrogen (secondary N) is 2. The van der Waals surface area contributed by atoms with Crippen LogP contribution in [0.2, 0.25) is 0 Å². The van der Waals surface area contributed by atoms with Gasteiger partial charge in [-0.1, -0.05) is 24.0 Å². The average Bonchev–Trinajstić information content (AvgIpc) is 2.81. The van der Waals surface area contributed by atoms with E-state index in [1.807, 2.05) is 42.7 Å². The Balaban J connectivity index is 1.86. The molecule has 0 aliphatic carbocycles. The summed E-state index contributed by atoms with van der Waals surface area (Å²) >= 11 is 1.56. The average molecular weight is 433 g/mol. The third kappa shape index (κ3) is 6.40. The van der Waals surface area contributed by atoms with Crippen LogP contribution in [0, 0.1) is 11.8 Å². The summed E-state index contributed by atoms with van der Waals surface area (Å²) in [5.41, 5.74) is 4.62. The predicted molar refractivity (Wildman–Crippen MR) is 121 cm³/mol. The molecule has 2 amide bonds. The van der Waals surface area contributed by atoms with Gasteiger partial charge >= 0.3 is 0 Å². The summed E-state index contributed by atoms with van der Waals surface area (Å²) in [7, 11) is 0. The highest BCUT2D eigenvalue weighted by Crippen LogP contribution is 2.22. The highest BCUT2D eigenvalue weighted by atomic mass is 32.2.